The Bertz CT molecular complexity index is 1240. The van der Waals surface area contributed by atoms with Gasteiger partial charge in [0.2, 0.25) is 0 Å². The quantitative estimate of drug-likeness (QED) is 0.281. The molecule has 0 aromatic heterocycles. The molecule has 5 nitrogen and oxygen atoms in total. The van der Waals surface area contributed by atoms with Crippen LogP contribution in [0.2, 0.25) is 0 Å². The van der Waals surface area contributed by atoms with Gasteiger partial charge in [0.25, 0.3) is 5.91 Å². The summed E-state index contributed by atoms with van der Waals surface area (Å²) < 4.78 is 25.4. The second-order valence-electron chi connectivity index (χ2n) is 7.27. The summed E-state index contributed by atoms with van der Waals surface area (Å²) in [7, 11) is 1.57. The molecule has 0 bridgehead atoms. The Labute approximate surface area is 209 Å². The smallest absolute Gasteiger partial charge is 0.264 e. The molecular formula is C25H20FIN2O3S. The third-order valence-corrected chi connectivity index (χ3v) is 6.47. The minimum Gasteiger partial charge on any atom is -0.493 e. The molecule has 1 aliphatic heterocycles. The molecule has 8 heteroatoms. The molecule has 0 atom stereocenters. The van der Waals surface area contributed by atoms with E-state index in [0.717, 1.165) is 25.9 Å². The summed E-state index contributed by atoms with van der Waals surface area (Å²) >= 11 is 3.46. The second kappa shape index (κ2) is 10.4. The number of benzene rings is 3. The van der Waals surface area contributed by atoms with Gasteiger partial charge in [0.05, 0.1) is 21.3 Å². The number of hydrogen-bond donors (Lipinski definition) is 1. The maximum Gasteiger partial charge on any atom is 0.264 e. The fourth-order valence-corrected chi connectivity index (χ4v) is 4.69. The summed E-state index contributed by atoms with van der Waals surface area (Å²) in [4.78, 5) is 17.5. The van der Waals surface area contributed by atoms with Crippen molar-refractivity contribution in [1.29, 1.82) is 0 Å². The van der Waals surface area contributed by atoms with Crippen LogP contribution in [0.1, 0.15) is 16.7 Å². The lowest BCUT2D eigenvalue weighted by Gasteiger charge is -2.14. The molecule has 0 radical (unpaired) electrons. The van der Waals surface area contributed by atoms with Gasteiger partial charge in [0.1, 0.15) is 12.4 Å². The molecule has 1 aliphatic rings. The molecule has 168 valence electrons. The number of nitrogens with one attached hydrogen (secondary N) is 1. The van der Waals surface area contributed by atoms with Gasteiger partial charge >= 0.3 is 0 Å². The maximum atomic E-state index is 13.1. The van der Waals surface area contributed by atoms with Crippen molar-refractivity contribution >= 4 is 57.2 Å². The maximum absolute atomic E-state index is 13.1. The van der Waals surface area contributed by atoms with Gasteiger partial charge in [-0.2, -0.15) is 0 Å². The van der Waals surface area contributed by atoms with E-state index in [-0.39, 0.29) is 18.3 Å². The summed E-state index contributed by atoms with van der Waals surface area (Å²) in [5.41, 5.74) is 3.58. The number of hydrogen-bond acceptors (Lipinski definition) is 5. The Hall–Kier alpha value is -2.85. The van der Waals surface area contributed by atoms with E-state index >= 15 is 0 Å². The van der Waals surface area contributed by atoms with E-state index < -0.39 is 0 Å². The Balaban J connectivity index is 1.52. The highest BCUT2D eigenvalue weighted by Crippen LogP contribution is 2.36. The number of aliphatic imine (C=N–C) groups is 1. The lowest BCUT2D eigenvalue weighted by atomic mass is 10.2. The van der Waals surface area contributed by atoms with Crippen LogP contribution in [0.4, 0.5) is 10.1 Å². The van der Waals surface area contributed by atoms with E-state index in [1.165, 1.54) is 23.9 Å². The first kappa shape index (κ1) is 23.3. The lowest BCUT2D eigenvalue weighted by Crippen LogP contribution is -2.19. The summed E-state index contributed by atoms with van der Waals surface area (Å²) in [5, 5.41) is 3.34. The van der Waals surface area contributed by atoms with Crippen molar-refractivity contribution in [3.8, 4) is 11.5 Å². The van der Waals surface area contributed by atoms with E-state index in [2.05, 4.69) is 32.9 Å². The minimum absolute atomic E-state index is 0.198. The zero-order chi connectivity index (χ0) is 23.4. The van der Waals surface area contributed by atoms with E-state index in [1.807, 2.05) is 43.3 Å². The van der Waals surface area contributed by atoms with Crippen molar-refractivity contribution in [2.45, 2.75) is 13.5 Å². The van der Waals surface area contributed by atoms with Crippen molar-refractivity contribution in [2.24, 2.45) is 4.99 Å². The molecule has 0 spiro atoms. The molecule has 4 rings (SSSR count). The number of ether oxygens (including phenoxy) is 2. The number of rotatable bonds is 6. The number of halogens is 2. The monoisotopic (exact) mass is 574 g/mol. The van der Waals surface area contributed by atoms with Crippen molar-refractivity contribution in [1.82, 2.24) is 5.32 Å². The van der Waals surface area contributed by atoms with E-state index in [0.29, 0.717) is 21.6 Å². The molecule has 0 unspecified atom stereocenters. The Morgan fingerprint density at radius 2 is 1.85 bits per heavy atom. The number of amidine groups is 1. The fourth-order valence-electron chi connectivity index (χ4n) is 3.07. The number of thioether (sulfide) groups is 1. The summed E-state index contributed by atoms with van der Waals surface area (Å²) in [5.74, 6) is 0.656. The van der Waals surface area contributed by atoms with Crippen LogP contribution in [0.15, 0.2) is 70.6 Å². The van der Waals surface area contributed by atoms with Crippen molar-refractivity contribution in [3.63, 3.8) is 0 Å². The molecule has 1 heterocycles. The van der Waals surface area contributed by atoms with E-state index in [9.17, 15) is 9.18 Å². The van der Waals surface area contributed by atoms with Crippen LogP contribution < -0.4 is 14.8 Å². The van der Waals surface area contributed by atoms with Crippen LogP contribution >= 0.6 is 34.4 Å². The number of nitrogens with zero attached hydrogens (tertiary/aromatic N) is 1. The molecule has 1 fully saturated rings. The first-order chi connectivity index (χ1) is 15.9. The zero-order valence-electron chi connectivity index (χ0n) is 17.9. The highest BCUT2D eigenvalue weighted by Gasteiger charge is 2.24. The van der Waals surface area contributed by atoms with Crippen molar-refractivity contribution < 1.29 is 18.7 Å². The lowest BCUT2D eigenvalue weighted by molar-refractivity contribution is -0.115. The highest BCUT2D eigenvalue weighted by atomic mass is 127. The van der Waals surface area contributed by atoms with Crippen LogP contribution in [-0.2, 0) is 11.4 Å². The minimum atomic E-state index is -0.288. The topological polar surface area (TPSA) is 59.9 Å². The molecule has 0 aliphatic carbocycles. The van der Waals surface area contributed by atoms with Gasteiger partial charge in [-0.3, -0.25) is 4.79 Å². The molecule has 33 heavy (non-hydrogen) atoms. The van der Waals surface area contributed by atoms with Crippen LogP contribution in [0, 0.1) is 16.3 Å². The van der Waals surface area contributed by atoms with Gasteiger partial charge in [0, 0.05) is 0 Å². The van der Waals surface area contributed by atoms with Crippen LogP contribution in [-0.4, -0.2) is 18.2 Å². The zero-order valence-corrected chi connectivity index (χ0v) is 20.9. The van der Waals surface area contributed by atoms with Gasteiger partial charge in [-0.1, -0.05) is 29.8 Å². The van der Waals surface area contributed by atoms with Gasteiger partial charge in [-0.25, -0.2) is 9.38 Å². The first-order valence-electron chi connectivity index (χ1n) is 10.0. The standard InChI is InChI=1S/C25H20FIN2O3S/c1-15-3-9-19(10-4-15)28-25-29-24(30)22(33-25)13-17-11-20(27)23(21(12-17)31-2)32-14-16-5-7-18(26)8-6-16/h3-13H,14H2,1-2H3,(H,28,29,30)/b22-13-. The van der Waals surface area contributed by atoms with Crippen LogP contribution in [0.3, 0.4) is 0 Å². The first-order valence-corrected chi connectivity index (χ1v) is 11.9. The van der Waals surface area contributed by atoms with Gasteiger partial charge in [-0.05, 0) is 94.9 Å². The number of methoxy groups -OCH3 is 1. The van der Waals surface area contributed by atoms with Gasteiger partial charge in [-0.15, -0.1) is 0 Å². The fraction of sp³-hybridized carbons (Fsp3) is 0.120. The number of carbonyl (C=O) groups excluding carboxylic acids is 1. The van der Waals surface area contributed by atoms with E-state index in [4.69, 9.17) is 9.47 Å². The van der Waals surface area contributed by atoms with E-state index in [1.54, 1.807) is 25.3 Å². The van der Waals surface area contributed by atoms with Crippen LogP contribution in [0.5, 0.6) is 11.5 Å². The predicted molar refractivity (Wildman–Crippen MR) is 138 cm³/mol. The van der Waals surface area contributed by atoms with Crippen molar-refractivity contribution in [3.05, 3.63) is 91.6 Å². The Morgan fingerprint density at radius 3 is 2.55 bits per heavy atom. The highest BCUT2D eigenvalue weighted by molar-refractivity contribution is 14.1. The molecule has 1 saturated heterocycles. The molecule has 0 saturated carbocycles. The molecular weight excluding hydrogens is 554 g/mol. The second-order valence-corrected chi connectivity index (χ2v) is 9.46. The number of amides is 1. The summed E-state index contributed by atoms with van der Waals surface area (Å²) in [6, 6.07) is 17.7. The number of carbonyl (C=O) groups is 1. The Morgan fingerprint density at radius 1 is 1.12 bits per heavy atom. The average molecular weight is 574 g/mol. The number of aryl methyl sites for hydroxylation is 1. The predicted octanol–water partition coefficient (Wildman–Crippen LogP) is 6.22. The summed E-state index contributed by atoms with van der Waals surface area (Å²) in [6.07, 6.45) is 1.80. The van der Waals surface area contributed by atoms with Crippen LogP contribution in [0.25, 0.3) is 6.08 Å². The Kier molecular flexibility index (Phi) is 7.34. The SMILES string of the molecule is COc1cc(/C=C2\SC(=Nc3ccc(C)cc3)NC2=O)cc(I)c1OCc1ccc(F)cc1. The average Bonchev–Trinajstić information content (AvgIpc) is 3.13. The third kappa shape index (κ3) is 5.94. The normalized spacial score (nSPS) is 15.7. The molecule has 3 aromatic carbocycles. The summed E-state index contributed by atoms with van der Waals surface area (Å²) in [6.45, 7) is 2.29. The molecule has 3 aromatic rings. The largest absolute Gasteiger partial charge is 0.493 e. The molecule has 1 N–H and O–H groups in total. The van der Waals surface area contributed by atoms with Gasteiger partial charge in [0.15, 0.2) is 16.7 Å². The van der Waals surface area contributed by atoms with Gasteiger partial charge < -0.3 is 14.8 Å². The molecule has 1 amide bonds. The third-order valence-electron chi connectivity index (χ3n) is 4.76. The van der Waals surface area contributed by atoms with Crippen molar-refractivity contribution in [2.75, 3.05) is 7.11 Å².